The summed E-state index contributed by atoms with van der Waals surface area (Å²) in [5, 5.41) is 10.9. The van der Waals surface area contributed by atoms with Gasteiger partial charge in [-0.1, -0.05) is 0 Å². The van der Waals surface area contributed by atoms with Crippen molar-refractivity contribution < 1.29 is 24.0 Å². The van der Waals surface area contributed by atoms with Gasteiger partial charge in [0, 0.05) is 60.5 Å². The van der Waals surface area contributed by atoms with E-state index >= 15 is 0 Å². The molecule has 0 bridgehead atoms. The zero-order chi connectivity index (χ0) is 26.3. The molecular formula is C28H27IN2O6. The van der Waals surface area contributed by atoms with Gasteiger partial charge in [-0.3, -0.25) is 19.7 Å². The maximum absolute atomic E-state index is 13.3. The number of nitrogens with zero attached hydrogens (tertiary/aromatic N) is 2. The van der Waals surface area contributed by atoms with E-state index in [4.69, 9.17) is 9.47 Å². The molecule has 0 unspecified atom stereocenters. The van der Waals surface area contributed by atoms with Crippen molar-refractivity contribution in [1.29, 1.82) is 0 Å². The number of ketones is 2. The summed E-state index contributed by atoms with van der Waals surface area (Å²) in [5.74, 6) is 0.865. The first-order valence-electron chi connectivity index (χ1n) is 12.3. The van der Waals surface area contributed by atoms with Crippen LogP contribution in [0.2, 0.25) is 0 Å². The third-order valence-electron chi connectivity index (χ3n) is 7.36. The second-order valence-electron chi connectivity index (χ2n) is 9.51. The Balaban J connectivity index is 1.53. The van der Waals surface area contributed by atoms with Crippen LogP contribution in [0.4, 0.5) is 5.69 Å². The van der Waals surface area contributed by atoms with E-state index in [2.05, 4.69) is 27.5 Å². The Kier molecular flexibility index (Phi) is 7.06. The van der Waals surface area contributed by atoms with E-state index in [0.29, 0.717) is 24.3 Å². The average molecular weight is 614 g/mol. The average Bonchev–Trinajstić information content (AvgIpc) is 2.89. The molecule has 0 saturated heterocycles. The lowest BCUT2D eigenvalue weighted by Crippen LogP contribution is -2.37. The normalized spacial score (nSPS) is 18.1. The van der Waals surface area contributed by atoms with E-state index in [1.54, 1.807) is 19.2 Å². The maximum Gasteiger partial charge on any atom is 0.269 e. The number of benzene rings is 2. The number of nitro benzene ring substituents is 1. The molecule has 192 valence electrons. The van der Waals surface area contributed by atoms with Gasteiger partial charge < -0.3 is 14.4 Å². The van der Waals surface area contributed by atoms with Gasteiger partial charge in [-0.15, -0.1) is 0 Å². The van der Waals surface area contributed by atoms with E-state index in [0.717, 1.165) is 62.9 Å². The third-order valence-corrected chi connectivity index (χ3v) is 8.16. The van der Waals surface area contributed by atoms with Crippen LogP contribution in [-0.4, -0.2) is 35.5 Å². The zero-order valence-electron chi connectivity index (χ0n) is 20.7. The number of carbonyl (C=O) groups is 2. The van der Waals surface area contributed by atoms with Gasteiger partial charge in [0.25, 0.3) is 5.69 Å². The van der Waals surface area contributed by atoms with Gasteiger partial charge in [-0.05, 0) is 83.7 Å². The fourth-order valence-corrected chi connectivity index (χ4v) is 6.38. The fourth-order valence-electron chi connectivity index (χ4n) is 5.60. The molecule has 5 rings (SSSR count). The van der Waals surface area contributed by atoms with Gasteiger partial charge in [0.15, 0.2) is 23.1 Å². The van der Waals surface area contributed by atoms with Gasteiger partial charge in [-0.25, -0.2) is 0 Å². The molecule has 0 aromatic heterocycles. The molecular weight excluding hydrogens is 587 g/mol. The highest BCUT2D eigenvalue weighted by Crippen LogP contribution is 2.50. The van der Waals surface area contributed by atoms with Gasteiger partial charge >= 0.3 is 0 Å². The molecule has 0 saturated carbocycles. The largest absolute Gasteiger partial charge is 0.493 e. The van der Waals surface area contributed by atoms with Crippen LogP contribution in [0, 0.1) is 13.7 Å². The maximum atomic E-state index is 13.3. The van der Waals surface area contributed by atoms with Crippen LogP contribution in [0.5, 0.6) is 11.5 Å². The Morgan fingerprint density at radius 3 is 2.14 bits per heavy atom. The quantitative estimate of drug-likeness (QED) is 0.230. The number of allylic oxidation sites excluding steroid dienone is 4. The summed E-state index contributed by atoms with van der Waals surface area (Å²) in [6.45, 7) is 0.208. The predicted octanol–water partition coefficient (Wildman–Crippen LogP) is 5.83. The smallest absolute Gasteiger partial charge is 0.269 e. The molecule has 9 heteroatoms. The van der Waals surface area contributed by atoms with Crippen molar-refractivity contribution in [3.8, 4) is 11.5 Å². The summed E-state index contributed by atoms with van der Waals surface area (Å²) >= 11 is 2.19. The Bertz CT molecular complexity index is 1320. The first-order valence-corrected chi connectivity index (χ1v) is 13.4. The second kappa shape index (κ2) is 10.3. The van der Waals surface area contributed by atoms with Crippen LogP contribution >= 0.6 is 22.6 Å². The Hall–Kier alpha value is -3.21. The van der Waals surface area contributed by atoms with Crippen molar-refractivity contribution in [1.82, 2.24) is 4.90 Å². The van der Waals surface area contributed by atoms with Crippen LogP contribution in [-0.2, 0) is 16.2 Å². The van der Waals surface area contributed by atoms with Gasteiger partial charge in [-0.2, -0.15) is 0 Å². The van der Waals surface area contributed by atoms with Gasteiger partial charge in [0.2, 0.25) is 0 Å². The van der Waals surface area contributed by atoms with Crippen molar-refractivity contribution in [2.75, 3.05) is 14.2 Å². The summed E-state index contributed by atoms with van der Waals surface area (Å²) in [6.07, 6.45) is 4.27. The van der Waals surface area contributed by atoms with E-state index in [-0.39, 0.29) is 23.9 Å². The minimum atomic E-state index is -0.436. The van der Waals surface area contributed by atoms with Gasteiger partial charge in [0.1, 0.15) is 6.61 Å². The highest BCUT2D eigenvalue weighted by molar-refractivity contribution is 14.1. The number of hydrogen-bond donors (Lipinski definition) is 0. The zero-order valence-corrected chi connectivity index (χ0v) is 22.9. The topological polar surface area (TPSA) is 99.0 Å². The van der Waals surface area contributed by atoms with Crippen molar-refractivity contribution >= 4 is 39.8 Å². The molecule has 37 heavy (non-hydrogen) atoms. The lowest BCUT2D eigenvalue weighted by atomic mass is 9.71. The molecule has 0 spiro atoms. The molecule has 0 fully saturated rings. The Morgan fingerprint density at radius 2 is 1.59 bits per heavy atom. The minimum absolute atomic E-state index is 0.0234. The number of rotatable bonds is 6. The molecule has 2 aromatic carbocycles. The number of hydrogen-bond acceptors (Lipinski definition) is 7. The first-order chi connectivity index (χ1) is 17.8. The van der Waals surface area contributed by atoms with Crippen LogP contribution in [0.15, 0.2) is 58.9 Å². The molecule has 8 nitrogen and oxygen atoms in total. The molecule has 1 heterocycles. The minimum Gasteiger partial charge on any atom is -0.493 e. The molecule has 2 aliphatic carbocycles. The third kappa shape index (κ3) is 4.65. The first kappa shape index (κ1) is 25.4. The number of Topliss-reactive ketones (excluding diaryl/α,β-unsaturated/α-hetero) is 2. The summed E-state index contributed by atoms with van der Waals surface area (Å²) in [7, 11) is 3.55. The standard InChI is InChI=1S/C28H27IN2O6/c1-30-20-5-3-7-22(32)26(20)25(27-21(30)6-4-8-23(27)33)17-13-19(29)28(24(14-17)36-2)37-15-16-9-11-18(12-10-16)31(34)35/h9-14,25H,3-8,15H2,1-2H3. The monoisotopic (exact) mass is 614 g/mol. The van der Waals surface area contributed by atoms with Crippen LogP contribution in [0.25, 0.3) is 0 Å². The summed E-state index contributed by atoms with van der Waals surface area (Å²) in [5.41, 5.74) is 5.19. The highest BCUT2D eigenvalue weighted by Gasteiger charge is 2.42. The number of ether oxygens (including phenoxy) is 2. The molecule has 0 atom stereocenters. The Labute approximate surface area is 228 Å². The van der Waals surface area contributed by atoms with Crippen molar-refractivity contribution in [3.05, 3.63) is 83.7 Å². The summed E-state index contributed by atoms with van der Waals surface area (Å²) < 4.78 is 12.6. The number of non-ortho nitro benzene ring substituents is 1. The Morgan fingerprint density at radius 1 is 1.00 bits per heavy atom. The lowest BCUT2D eigenvalue weighted by molar-refractivity contribution is -0.384. The SMILES string of the molecule is COc1cc(C2C3=C(CCCC3=O)N(C)C3=C2C(=O)CCC3)cc(I)c1OCc1ccc([N+](=O)[O-])cc1. The molecule has 3 aliphatic rings. The lowest BCUT2D eigenvalue weighted by Gasteiger charge is -2.42. The van der Waals surface area contributed by atoms with Crippen molar-refractivity contribution in [3.63, 3.8) is 0 Å². The number of methoxy groups -OCH3 is 1. The second-order valence-corrected chi connectivity index (χ2v) is 10.7. The number of nitro groups is 1. The van der Waals surface area contributed by atoms with E-state index in [9.17, 15) is 19.7 Å². The number of halogens is 1. The van der Waals surface area contributed by atoms with Crippen molar-refractivity contribution in [2.45, 2.75) is 51.0 Å². The molecule has 0 amide bonds. The molecule has 1 aliphatic heterocycles. The van der Waals surface area contributed by atoms with Crippen LogP contribution in [0.3, 0.4) is 0 Å². The molecule has 2 aromatic rings. The van der Waals surface area contributed by atoms with Crippen LogP contribution < -0.4 is 9.47 Å². The van der Waals surface area contributed by atoms with E-state index in [1.807, 2.05) is 19.2 Å². The fraction of sp³-hybridized carbons (Fsp3) is 0.357. The number of carbonyl (C=O) groups excluding carboxylic acids is 2. The highest BCUT2D eigenvalue weighted by atomic mass is 127. The van der Waals surface area contributed by atoms with Crippen LogP contribution in [0.1, 0.15) is 55.6 Å². The summed E-state index contributed by atoms with van der Waals surface area (Å²) in [6, 6.07) is 10.1. The van der Waals surface area contributed by atoms with Crippen molar-refractivity contribution in [2.24, 2.45) is 0 Å². The van der Waals surface area contributed by atoms with E-state index < -0.39 is 10.8 Å². The van der Waals surface area contributed by atoms with E-state index in [1.165, 1.54) is 12.1 Å². The predicted molar refractivity (Wildman–Crippen MR) is 145 cm³/mol. The molecule has 0 radical (unpaired) electrons. The van der Waals surface area contributed by atoms with Gasteiger partial charge in [0.05, 0.1) is 15.6 Å². The summed E-state index contributed by atoms with van der Waals surface area (Å²) in [4.78, 5) is 39.1. The molecule has 0 N–H and O–H groups in total.